The molecule has 2 rings (SSSR count). The Hall–Kier alpha value is -1.55. The second kappa shape index (κ2) is 4.31. The molecule has 4 nitrogen and oxygen atoms in total. The Morgan fingerprint density at radius 1 is 1.40 bits per heavy atom. The van der Waals surface area contributed by atoms with Crippen LogP contribution in [0.5, 0.6) is 5.75 Å². The highest BCUT2D eigenvalue weighted by molar-refractivity contribution is 5.92. The highest BCUT2D eigenvalue weighted by Gasteiger charge is 2.23. The molecule has 1 unspecified atom stereocenters. The van der Waals surface area contributed by atoms with Gasteiger partial charge in [-0.1, -0.05) is 0 Å². The Kier molecular flexibility index (Phi) is 2.87. The van der Waals surface area contributed by atoms with Crippen molar-refractivity contribution < 1.29 is 14.6 Å². The average molecular weight is 207 g/mol. The second-order valence-electron chi connectivity index (χ2n) is 3.60. The van der Waals surface area contributed by atoms with Gasteiger partial charge in [0.25, 0.3) is 0 Å². The largest absolute Gasteiger partial charge is 0.508 e. The van der Waals surface area contributed by atoms with Crippen LogP contribution in [-0.4, -0.2) is 24.2 Å². The zero-order valence-corrected chi connectivity index (χ0v) is 8.27. The van der Waals surface area contributed by atoms with Crippen molar-refractivity contribution in [2.45, 2.75) is 6.42 Å². The quantitative estimate of drug-likeness (QED) is 0.720. The first-order chi connectivity index (χ1) is 7.25. The molecule has 2 N–H and O–H groups in total. The van der Waals surface area contributed by atoms with E-state index in [0.717, 1.165) is 6.42 Å². The first-order valence-electron chi connectivity index (χ1n) is 4.93. The van der Waals surface area contributed by atoms with Gasteiger partial charge in [-0.05, 0) is 30.7 Å². The van der Waals surface area contributed by atoms with Crippen LogP contribution in [0.3, 0.4) is 0 Å². The van der Waals surface area contributed by atoms with Crippen molar-refractivity contribution in [1.29, 1.82) is 0 Å². The monoisotopic (exact) mass is 207 g/mol. The number of phenolic OH excluding ortho intramolecular Hbond substituents is 1. The van der Waals surface area contributed by atoms with Crippen molar-refractivity contribution in [2.75, 3.05) is 18.5 Å². The van der Waals surface area contributed by atoms with Gasteiger partial charge in [0.1, 0.15) is 5.75 Å². The van der Waals surface area contributed by atoms with Gasteiger partial charge in [-0.2, -0.15) is 0 Å². The minimum Gasteiger partial charge on any atom is -0.508 e. The molecule has 0 spiro atoms. The van der Waals surface area contributed by atoms with Crippen molar-refractivity contribution in [3.05, 3.63) is 24.3 Å². The van der Waals surface area contributed by atoms with Crippen LogP contribution in [-0.2, 0) is 9.53 Å². The zero-order chi connectivity index (χ0) is 10.7. The zero-order valence-electron chi connectivity index (χ0n) is 8.27. The number of benzene rings is 1. The molecule has 1 fully saturated rings. The molecule has 0 aliphatic carbocycles. The number of hydrogen-bond donors (Lipinski definition) is 2. The lowest BCUT2D eigenvalue weighted by molar-refractivity contribution is -0.119. The van der Waals surface area contributed by atoms with E-state index in [0.29, 0.717) is 18.9 Å². The van der Waals surface area contributed by atoms with E-state index in [1.807, 2.05) is 0 Å². The third kappa shape index (κ3) is 2.47. The molecule has 1 amide bonds. The maximum absolute atomic E-state index is 11.6. The highest BCUT2D eigenvalue weighted by atomic mass is 16.5. The number of hydrogen-bond acceptors (Lipinski definition) is 3. The van der Waals surface area contributed by atoms with Crippen molar-refractivity contribution in [1.82, 2.24) is 0 Å². The fraction of sp³-hybridized carbons (Fsp3) is 0.364. The lowest BCUT2D eigenvalue weighted by Gasteiger charge is -2.08. The van der Waals surface area contributed by atoms with Crippen LogP contribution in [0.15, 0.2) is 24.3 Å². The lowest BCUT2D eigenvalue weighted by atomic mass is 10.1. The number of ether oxygens (including phenoxy) is 1. The summed E-state index contributed by atoms with van der Waals surface area (Å²) in [5.74, 6) is 0.134. The first kappa shape index (κ1) is 9.98. The fourth-order valence-electron chi connectivity index (χ4n) is 1.53. The Labute approximate surface area is 87.9 Å². The molecular weight excluding hydrogens is 194 g/mol. The highest BCUT2D eigenvalue weighted by Crippen LogP contribution is 2.17. The molecule has 1 atom stereocenters. The molecule has 1 saturated heterocycles. The normalized spacial score (nSPS) is 20.1. The smallest absolute Gasteiger partial charge is 0.229 e. The number of carbonyl (C=O) groups is 1. The van der Waals surface area contributed by atoms with Crippen LogP contribution in [0.2, 0.25) is 0 Å². The summed E-state index contributed by atoms with van der Waals surface area (Å²) < 4.78 is 5.13. The van der Waals surface area contributed by atoms with Gasteiger partial charge in [0.05, 0.1) is 12.5 Å². The molecule has 0 bridgehead atoms. The summed E-state index contributed by atoms with van der Waals surface area (Å²) >= 11 is 0. The minimum absolute atomic E-state index is 0.0156. The first-order valence-corrected chi connectivity index (χ1v) is 4.93. The van der Waals surface area contributed by atoms with E-state index in [1.165, 1.54) is 0 Å². The van der Waals surface area contributed by atoms with Gasteiger partial charge in [0.2, 0.25) is 5.91 Å². The van der Waals surface area contributed by atoms with E-state index in [-0.39, 0.29) is 17.6 Å². The molecule has 0 saturated carbocycles. The van der Waals surface area contributed by atoms with E-state index in [9.17, 15) is 4.79 Å². The van der Waals surface area contributed by atoms with Crippen LogP contribution >= 0.6 is 0 Å². The predicted molar refractivity (Wildman–Crippen MR) is 55.7 cm³/mol. The number of carbonyl (C=O) groups excluding carboxylic acids is 1. The van der Waals surface area contributed by atoms with Crippen LogP contribution in [0.25, 0.3) is 0 Å². The molecule has 1 aliphatic rings. The second-order valence-corrected chi connectivity index (χ2v) is 3.60. The van der Waals surface area contributed by atoms with E-state index < -0.39 is 0 Å². The molecule has 4 heteroatoms. The maximum atomic E-state index is 11.6. The standard InChI is InChI=1S/C11H13NO3/c13-10-3-1-9(2-4-10)12-11(14)8-5-6-15-7-8/h1-4,8,13H,5-7H2,(H,12,14). The molecule has 15 heavy (non-hydrogen) atoms. The Morgan fingerprint density at radius 3 is 2.73 bits per heavy atom. The summed E-state index contributed by atoms with van der Waals surface area (Å²) in [6, 6.07) is 6.42. The average Bonchev–Trinajstić information content (AvgIpc) is 2.74. The van der Waals surface area contributed by atoms with Crippen LogP contribution in [0.4, 0.5) is 5.69 Å². The summed E-state index contributed by atoms with van der Waals surface area (Å²) in [7, 11) is 0. The van der Waals surface area contributed by atoms with Crippen molar-refractivity contribution in [2.24, 2.45) is 5.92 Å². The topological polar surface area (TPSA) is 58.6 Å². The molecular formula is C11H13NO3. The number of phenols is 1. The summed E-state index contributed by atoms with van der Waals surface area (Å²) in [5, 5.41) is 11.9. The van der Waals surface area contributed by atoms with E-state index in [2.05, 4.69) is 5.32 Å². The molecule has 1 heterocycles. The van der Waals surface area contributed by atoms with Crippen molar-refractivity contribution in [3.8, 4) is 5.75 Å². The molecule has 80 valence electrons. The van der Waals surface area contributed by atoms with Gasteiger partial charge in [0, 0.05) is 12.3 Å². The molecule has 1 aromatic carbocycles. The SMILES string of the molecule is O=C(Nc1ccc(O)cc1)C1CCOC1. The third-order valence-electron chi connectivity index (χ3n) is 2.44. The maximum Gasteiger partial charge on any atom is 0.229 e. The van der Waals surface area contributed by atoms with Gasteiger partial charge < -0.3 is 15.2 Å². The van der Waals surface area contributed by atoms with Gasteiger partial charge in [-0.15, -0.1) is 0 Å². The Morgan fingerprint density at radius 2 is 2.13 bits per heavy atom. The van der Waals surface area contributed by atoms with Crippen LogP contribution in [0, 0.1) is 5.92 Å². The summed E-state index contributed by atoms with van der Waals surface area (Å²) in [6.45, 7) is 1.16. The van der Waals surface area contributed by atoms with Gasteiger partial charge >= 0.3 is 0 Å². The minimum atomic E-state index is -0.0428. The Bertz CT molecular complexity index is 341. The van der Waals surface area contributed by atoms with Crippen LogP contribution in [0.1, 0.15) is 6.42 Å². The van der Waals surface area contributed by atoms with Crippen LogP contribution < -0.4 is 5.32 Å². The molecule has 1 aromatic rings. The van der Waals surface area contributed by atoms with Crippen molar-refractivity contribution in [3.63, 3.8) is 0 Å². The third-order valence-corrected chi connectivity index (χ3v) is 2.44. The Balaban J connectivity index is 1.96. The number of rotatable bonds is 2. The van der Waals surface area contributed by atoms with Gasteiger partial charge in [-0.3, -0.25) is 4.79 Å². The number of nitrogens with one attached hydrogen (secondary N) is 1. The van der Waals surface area contributed by atoms with E-state index >= 15 is 0 Å². The van der Waals surface area contributed by atoms with E-state index in [1.54, 1.807) is 24.3 Å². The molecule has 0 aromatic heterocycles. The number of anilines is 1. The van der Waals surface area contributed by atoms with Crippen molar-refractivity contribution >= 4 is 11.6 Å². The van der Waals surface area contributed by atoms with Gasteiger partial charge in [-0.25, -0.2) is 0 Å². The summed E-state index contributed by atoms with van der Waals surface area (Å²) in [6.07, 6.45) is 0.782. The summed E-state index contributed by atoms with van der Waals surface area (Å²) in [5.41, 5.74) is 0.699. The lowest BCUT2D eigenvalue weighted by Crippen LogP contribution is -2.22. The fourth-order valence-corrected chi connectivity index (χ4v) is 1.53. The number of aromatic hydroxyl groups is 1. The van der Waals surface area contributed by atoms with E-state index in [4.69, 9.17) is 9.84 Å². The summed E-state index contributed by atoms with van der Waals surface area (Å²) in [4.78, 5) is 11.6. The molecule has 1 aliphatic heterocycles. The molecule has 0 radical (unpaired) electrons. The van der Waals surface area contributed by atoms with Gasteiger partial charge in [0.15, 0.2) is 0 Å². The number of amides is 1. The predicted octanol–water partition coefficient (Wildman–Crippen LogP) is 1.37.